The topological polar surface area (TPSA) is 61.4 Å². The molecule has 0 amide bonds. The van der Waals surface area contributed by atoms with Gasteiger partial charge < -0.3 is 25.0 Å². The summed E-state index contributed by atoms with van der Waals surface area (Å²) in [7, 11) is 4.11. The fourth-order valence-corrected chi connectivity index (χ4v) is 4.65. The van der Waals surface area contributed by atoms with Crippen LogP contribution in [-0.2, 0) is 9.47 Å². The molecule has 0 aliphatic carbocycles. The molecule has 28 heavy (non-hydrogen) atoms. The van der Waals surface area contributed by atoms with Crippen LogP contribution in [0, 0.1) is 0 Å². The number of guanidine groups is 1. The lowest BCUT2D eigenvalue weighted by atomic mass is 9.84. The summed E-state index contributed by atoms with van der Waals surface area (Å²) >= 11 is 0. The van der Waals surface area contributed by atoms with Crippen molar-refractivity contribution in [1.29, 1.82) is 0 Å². The summed E-state index contributed by atoms with van der Waals surface area (Å²) in [5.74, 6) is 0.916. The summed E-state index contributed by atoms with van der Waals surface area (Å²) in [6.45, 7) is 9.11. The molecule has 3 rings (SSSR count). The largest absolute Gasteiger partial charge is 0.379 e. The molecule has 0 aromatic carbocycles. The summed E-state index contributed by atoms with van der Waals surface area (Å²) in [6.07, 6.45) is 8.87. The van der Waals surface area contributed by atoms with Crippen LogP contribution < -0.4 is 10.6 Å². The number of aliphatic imine (C=N–C) groups is 1. The van der Waals surface area contributed by atoms with Gasteiger partial charge in [0, 0.05) is 38.9 Å². The van der Waals surface area contributed by atoms with E-state index in [1.807, 2.05) is 7.05 Å². The molecule has 162 valence electrons. The molecular formula is C21H41N5O2. The third-order valence-electron chi connectivity index (χ3n) is 6.61. The Balaban J connectivity index is 1.41. The van der Waals surface area contributed by atoms with Gasteiger partial charge in [0.25, 0.3) is 0 Å². The Morgan fingerprint density at radius 1 is 1.14 bits per heavy atom. The van der Waals surface area contributed by atoms with E-state index in [0.717, 1.165) is 51.7 Å². The van der Waals surface area contributed by atoms with E-state index < -0.39 is 0 Å². The number of likely N-dealkylation sites (tertiary alicyclic amines) is 2. The number of nitrogens with zero attached hydrogens (tertiary/aromatic N) is 3. The van der Waals surface area contributed by atoms with Crippen molar-refractivity contribution in [3.63, 3.8) is 0 Å². The predicted molar refractivity (Wildman–Crippen MR) is 114 cm³/mol. The minimum atomic E-state index is 0.274. The van der Waals surface area contributed by atoms with Crippen LogP contribution in [0.1, 0.15) is 44.9 Å². The third-order valence-corrected chi connectivity index (χ3v) is 6.61. The monoisotopic (exact) mass is 395 g/mol. The van der Waals surface area contributed by atoms with Gasteiger partial charge in [-0.2, -0.15) is 0 Å². The minimum Gasteiger partial charge on any atom is -0.379 e. The van der Waals surface area contributed by atoms with Crippen LogP contribution in [0.3, 0.4) is 0 Å². The van der Waals surface area contributed by atoms with Crippen LogP contribution in [0.2, 0.25) is 0 Å². The van der Waals surface area contributed by atoms with E-state index in [-0.39, 0.29) is 5.54 Å². The maximum atomic E-state index is 5.84. The van der Waals surface area contributed by atoms with Gasteiger partial charge in [0.1, 0.15) is 0 Å². The van der Waals surface area contributed by atoms with E-state index in [0.29, 0.717) is 6.10 Å². The van der Waals surface area contributed by atoms with Crippen molar-refractivity contribution < 1.29 is 9.47 Å². The van der Waals surface area contributed by atoms with Gasteiger partial charge in [-0.15, -0.1) is 0 Å². The number of piperidine rings is 2. The zero-order valence-electron chi connectivity index (χ0n) is 18.0. The van der Waals surface area contributed by atoms with Crippen molar-refractivity contribution in [2.24, 2.45) is 4.99 Å². The molecular weight excluding hydrogens is 354 g/mol. The maximum Gasteiger partial charge on any atom is 0.191 e. The van der Waals surface area contributed by atoms with Gasteiger partial charge >= 0.3 is 0 Å². The summed E-state index contributed by atoms with van der Waals surface area (Å²) in [4.78, 5) is 9.67. The fourth-order valence-electron chi connectivity index (χ4n) is 4.65. The molecule has 7 nitrogen and oxygen atoms in total. The van der Waals surface area contributed by atoms with Crippen molar-refractivity contribution in [2.75, 3.05) is 73.2 Å². The number of rotatable bonds is 8. The molecule has 1 atom stereocenters. The molecule has 1 unspecified atom stereocenters. The van der Waals surface area contributed by atoms with E-state index in [1.54, 1.807) is 0 Å². The fraction of sp³-hybridized carbons (Fsp3) is 0.952. The minimum absolute atomic E-state index is 0.274. The first-order valence-electron chi connectivity index (χ1n) is 11.3. The van der Waals surface area contributed by atoms with Crippen LogP contribution in [-0.4, -0.2) is 101 Å². The second-order valence-corrected chi connectivity index (χ2v) is 8.64. The van der Waals surface area contributed by atoms with Crippen LogP contribution in [0.15, 0.2) is 4.99 Å². The van der Waals surface area contributed by atoms with E-state index >= 15 is 0 Å². The molecule has 0 aromatic heterocycles. The van der Waals surface area contributed by atoms with Gasteiger partial charge in [-0.3, -0.25) is 9.89 Å². The van der Waals surface area contributed by atoms with Crippen LogP contribution >= 0.6 is 0 Å². The molecule has 3 heterocycles. The molecule has 3 aliphatic rings. The first-order valence-corrected chi connectivity index (χ1v) is 11.3. The van der Waals surface area contributed by atoms with Crippen molar-refractivity contribution in [2.45, 2.75) is 56.6 Å². The number of ether oxygens (including phenoxy) is 2. The van der Waals surface area contributed by atoms with Crippen molar-refractivity contribution in [3.8, 4) is 0 Å². The molecule has 3 aliphatic heterocycles. The Morgan fingerprint density at radius 3 is 2.61 bits per heavy atom. The lowest BCUT2D eigenvalue weighted by molar-refractivity contribution is 0.0173. The Hall–Kier alpha value is -0.890. The van der Waals surface area contributed by atoms with Crippen LogP contribution in [0.25, 0.3) is 0 Å². The smallest absolute Gasteiger partial charge is 0.191 e. The van der Waals surface area contributed by atoms with Crippen molar-refractivity contribution >= 4 is 5.96 Å². The summed E-state index contributed by atoms with van der Waals surface area (Å²) in [5.41, 5.74) is 0.274. The molecule has 0 saturated carbocycles. The zero-order valence-corrected chi connectivity index (χ0v) is 18.0. The van der Waals surface area contributed by atoms with Crippen LogP contribution in [0.5, 0.6) is 0 Å². The van der Waals surface area contributed by atoms with Gasteiger partial charge in [0.05, 0.1) is 12.7 Å². The van der Waals surface area contributed by atoms with Crippen LogP contribution in [0.4, 0.5) is 0 Å². The van der Waals surface area contributed by atoms with Gasteiger partial charge in [-0.25, -0.2) is 0 Å². The predicted octanol–water partition coefficient (Wildman–Crippen LogP) is 1.30. The highest BCUT2D eigenvalue weighted by Crippen LogP contribution is 2.30. The highest BCUT2D eigenvalue weighted by atomic mass is 16.5. The van der Waals surface area contributed by atoms with Gasteiger partial charge in [-0.1, -0.05) is 6.42 Å². The molecule has 2 N–H and O–H groups in total. The second-order valence-electron chi connectivity index (χ2n) is 8.64. The van der Waals surface area contributed by atoms with E-state index in [1.165, 1.54) is 58.3 Å². The van der Waals surface area contributed by atoms with Crippen molar-refractivity contribution in [3.05, 3.63) is 0 Å². The highest BCUT2D eigenvalue weighted by Gasteiger charge is 2.39. The number of nitrogens with one attached hydrogen (secondary N) is 2. The van der Waals surface area contributed by atoms with E-state index in [4.69, 9.17) is 9.47 Å². The number of hydrogen-bond donors (Lipinski definition) is 2. The standard InChI is InChI=1S/C21H41N5O2/c1-22-20(23-10-6-15-28-19-7-16-27-17-19)24-18-21(8-13-25(2)14-9-21)26-11-4-3-5-12-26/h19H,3-18H2,1-2H3,(H2,22,23,24). The first-order chi connectivity index (χ1) is 13.7. The SMILES string of the molecule is CN=C(NCCCOC1CCOC1)NCC1(N2CCCCC2)CCN(C)CC1. The summed E-state index contributed by atoms with van der Waals surface area (Å²) < 4.78 is 11.2. The van der Waals surface area contributed by atoms with Gasteiger partial charge in [0.2, 0.25) is 0 Å². The average molecular weight is 396 g/mol. The first kappa shape index (κ1) is 21.8. The molecule has 7 heteroatoms. The summed E-state index contributed by atoms with van der Waals surface area (Å²) in [5, 5.41) is 7.10. The highest BCUT2D eigenvalue weighted by molar-refractivity contribution is 5.79. The zero-order chi connectivity index (χ0) is 19.7. The normalized spacial score (nSPS) is 27.1. The Bertz CT molecular complexity index is 467. The Labute approximate surface area is 171 Å². The second kappa shape index (κ2) is 11.3. The molecule has 3 saturated heterocycles. The van der Waals surface area contributed by atoms with Gasteiger partial charge in [-0.05, 0) is 71.8 Å². The van der Waals surface area contributed by atoms with Crippen molar-refractivity contribution in [1.82, 2.24) is 20.4 Å². The molecule has 0 bridgehead atoms. The number of hydrogen-bond acceptors (Lipinski definition) is 5. The lowest BCUT2D eigenvalue weighted by Crippen LogP contribution is -2.62. The van der Waals surface area contributed by atoms with Gasteiger partial charge in [0.15, 0.2) is 5.96 Å². The molecule has 0 radical (unpaired) electrons. The van der Waals surface area contributed by atoms with E-state index in [2.05, 4.69) is 32.5 Å². The third kappa shape index (κ3) is 6.31. The molecule has 0 spiro atoms. The summed E-state index contributed by atoms with van der Waals surface area (Å²) in [6, 6.07) is 0. The molecule has 3 fully saturated rings. The maximum absolute atomic E-state index is 5.84. The van der Waals surface area contributed by atoms with E-state index in [9.17, 15) is 0 Å². The average Bonchev–Trinajstić information content (AvgIpc) is 3.26. The molecule has 0 aromatic rings. The quantitative estimate of drug-likeness (QED) is 0.367. The Morgan fingerprint density at radius 2 is 1.93 bits per heavy atom. The lowest BCUT2D eigenvalue weighted by Gasteiger charge is -2.50. The Kier molecular flexibility index (Phi) is 8.83.